The first-order valence-electron chi connectivity index (χ1n) is 8.15. The minimum atomic E-state index is -4.76. The van der Waals surface area contributed by atoms with Crippen LogP contribution in [0.2, 0.25) is 0 Å². The second kappa shape index (κ2) is 7.51. The summed E-state index contributed by atoms with van der Waals surface area (Å²) in [7, 11) is 1.38. The fourth-order valence-corrected chi connectivity index (χ4v) is 2.57. The zero-order chi connectivity index (χ0) is 19.5. The van der Waals surface area contributed by atoms with E-state index in [2.05, 4.69) is 4.74 Å². The maximum atomic E-state index is 12.3. The normalized spacial score (nSPS) is 15.7. The predicted molar refractivity (Wildman–Crippen MR) is 89.7 cm³/mol. The van der Waals surface area contributed by atoms with Crippen LogP contribution in [0.25, 0.3) is 0 Å². The average Bonchev–Trinajstić information content (AvgIpc) is 2.52. The molecule has 2 rings (SSSR count). The van der Waals surface area contributed by atoms with Crippen LogP contribution in [0.3, 0.4) is 0 Å². The lowest BCUT2D eigenvalue weighted by molar-refractivity contribution is -0.274. The van der Waals surface area contributed by atoms with E-state index < -0.39 is 12.0 Å². The van der Waals surface area contributed by atoms with Gasteiger partial charge in [-0.15, -0.1) is 13.2 Å². The zero-order valence-electron chi connectivity index (χ0n) is 15.2. The van der Waals surface area contributed by atoms with Crippen molar-refractivity contribution < 1.29 is 32.2 Å². The first kappa shape index (κ1) is 20.0. The number of hydrogen-bond donors (Lipinski definition) is 0. The van der Waals surface area contributed by atoms with Crippen molar-refractivity contribution in [3.8, 4) is 11.5 Å². The topological polar surface area (TPSA) is 51.2 Å². The van der Waals surface area contributed by atoms with Gasteiger partial charge in [0, 0.05) is 32.2 Å². The third-order valence-electron chi connectivity index (χ3n) is 3.66. The number of piperazine rings is 1. The van der Waals surface area contributed by atoms with Crippen molar-refractivity contribution in [1.29, 1.82) is 0 Å². The van der Waals surface area contributed by atoms with Gasteiger partial charge >= 0.3 is 12.5 Å². The second-order valence-electron chi connectivity index (χ2n) is 6.84. The quantitative estimate of drug-likeness (QED) is 0.806. The molecule has 0 unspecified atom stereocenters. The molecule has 1 aliphatic rings. The number of carbonyl (C=O) groups excluding carboxylic acids is 1. The number of anilines is 1. The number of carbonyl (C=O) groups is 1. The Morgan fingerprint density at radius 3 is 2.19 bits per heavy atom. The van der Waals surface area contributed by atoms with Gasteiger partial charge in [0.1, 0.15) is 17.1 Å². The van der Waals surface area contributed by atoms with E-state index in [0.29, 0.717) is 31.9 Å². The Balaban J connectivity index is 2.03. The third-order valence-corrected chi connectivity index (χ3v) is 3.66. The van der Waals surface area contributed by atoms with Crippen LogP contribution in [0.15, 0.2) is 18.2 Å². The molecule has 9 heteroatoms. The summed E-state index contributed by atoms with van der Waals surface area (Å²) in [6, 6.07) is 3.96. The molecule has 1 amide bonds. The monoisotopic (exact) mass is 376 g/mol. The van der Waals surface area contributed by atoms with E-state index in [1.54, 1.807) is 25.7 Å². The van der Waals surface area contributed by atoms with Crippen molar-refractivity contribution >= 4 is 11.8 Å². The van der Waals surface area contributed by atoms with Gasteiger partial charge in [0.05, 0.1) is 12.8 Å². The summed E-state index contributed by atoms with van der Waals surface area (Å²) in [5.74, 6) is -0.0667. The van der Waals surface area contributed by atoms with Crippen molar-refractivity contribution in [1.82, 2.24) is 4.90 Å². The lowest BCUT2D eigenvalue weighted by atomic mass is 10.2. The van der Waals surface area contributed by atoms with Crippen molar-refractivity contribution in [2.75, 3.05) is 38.2 Å². The number of methoxy groups -OCH3 is 1. The molecule has 26 heavy (non-hydrogen) atoms. The maximum absolute atomic E-state index is 12.3. The standard InChI is InChI=1S/C17H23F3N2O4/c1-16(2,3)26-15(23)22-9-7-21(8-10-22)13-6-5-12(11-14(13)24-4)25-17(18,19)20/h5-6,11H,7-10H2,1-4H3. The summed E-state index contributed by atoms with van der Waals surface area (Å²) >= 11 is 0. The molecule has 1 saturated heterocycles. The van der Waals surface area contributed by atoms with Crippen LogP contribution in [0.1, 0.15) is 20.8 Å². The van der Waals surface area contributed by atoms with Gasteiger partial charge in [0.2, 0.25) is 0 Å². The van der Waals surface area contributed by atoms with E-state index in [0.717, 1.165) is 0 Å². The first-order valence-corrected chi connectivity index (χ1v) is 8.15. The number of rotatable bonds is 3. The van der Waals surface area contributed by atoms with Gasteiger partial charge in [0.25, 0.3) is 0 Å². The highest BCUT2D eigenvalue weighted by Gasteiger charge is 2.32. The fourth-order valence-electron chi connectivity index (χ4n) is 2.57. The molecule has 0 aromatic heterocycles. The Kier molecular flexibility index (Phi) is 5.77. The van der Waals surface area contributed by atoms with Gasteiger partial charge < -0.3 is 24.0 Å². The van der Waals surface area contributed by atoms with E-state index in [1.165, 1.54) is 25.3 Å². The summed E-state index contributed by atoms with van der Waals surface area (Å²) in [6.45, 7) is 7.31. The van der Waals surface area contributed by atoms with Crippen molar-refractivity contribution in [3.63, 3.8) is 0 Å². The van der Waals surface area contributed by atoms with Crippen LogP contribution in [-0.2, 0) is 4.74 Å². The number of alkyl halides is 3. The molecular weight excluding hydrogens is 353 g/mol. The summed E-state index contributed by atoms with van der Waals surface area (Å²) in [5, 5.41) is 0. The highest BCUT2D eigenvalue weighted by atomic mass is 19.4. The molecule has 1 aromatic carbocycles. The zero-order valence-corrected chi connectivity index (χ0v) is 15.2. The van der Waals surface area contributed by atoms with Crippen LogP contribution in [0.4, 0.5) is 23.7 Å². The SMILES string of the molecule is COc1cc(OC(F)(F)F)ccc1N1CCN(C(=O)OC(C)(C)C)CC1. The molecule has 6 nitrogen and oxygen atoms in total. The summed E-state index contributed by atoms with van der Waals surface area (Å²) in [5.41, 5.74) is 0.0806. The van der Waals surface area contributed by atoms with Gasteiger partial charge in [-0.2, -0.15) is 0 Å². The lowest BCUT2D eigenvalue weighted by Crippen LogP contribution is -2.50. The Bertz CT molecular complexity index is 636. The van der Waals surface area contributed by atoms with Gasteiger partial charge in [-0.3, -0.25) is 0 Å². The van der Waals surface area contributed by atoms with E-state index in [9.17, 15) is 18.0 Å². The third kappa shape index (κ3) is 5.60. The molecule has 1 aliphatic heterocycles. The molecule has 0 radical (unpaired) electrons. The smallest absolute Gasteiger partial charge is 0.494 e. The molecule has 0 N–H and O–H groups in total. The summed E-state index contributed by atoms with van der Waals surface area (Å²) < 4.78 is 51.5. The van der Waals surface area contributed by atoms with E-state index >= 15 is 0 Å². The Hall–Kier alpha value is -2.32. The number of benzene rings is 1. The largest absolute Gasteiger partial charge is 0.573 e. The molecular formula is C17H23F3N2O4. The van der Waals surface area contributed by atoms with E-state index in [-0.39, 0.29) is 17.6 Å². The second-order valence-corrected chi connectivity index (χ2v) is 6.84. The summed E-state index contributed by atoms with van der Waals surface area (Å²) in [6.07, 6.45) is -5.14. The molecule has 1 heterocycles. The minimum Gasteiger partial charge on any atom is -0.494 e. The number of ether oxygens (including phenoxy) is 3. The van der Waals surface area contributed by atoms with Gasteiger partial charge in [-0.1, -0.05) is 0 Å². The lowest BCUT2D eigenvalue weighted by Gasteiger charge is -2.37. The van der Waals surface area contributed by atoms with Crippen LogP contribution >= 0.6 is 0 Å². The Labute approximate surface area is 150 Å². The summed E-state index contributed by atoms with van der Waals surface area (Å²) in [4.78, 5) is 15.6. The molecule has 1 fully saturated rings. The van der Waals surface area contributed by atoms with Crippen LogP contribution in [0, 0.1) is 0 Å². The molecule has 0 atom stereocenters. The van der Waals surface area contributed by atoms with Crippen LogP contribution < -0.4 is 14.4 Å². The average molecular weight is 376 g/mol. The van der Waals surface area contributed by atoms with Crippen LogP contribution in [-0.4, -0.2) is 56.2 Å². The Morgan fingerprint density at radius 1 is 1.08 bits per heavy atom. The molecule has 1 aromatic rings. The number of halogens is 3. The van der Waals surface area contributed by atoms with E-state index in [4.69, 9.17) is 9.47 Å². The molecule has 0 bridgehead atoms. The number of amides is 1. The number of nitrogens with zero attached hydrogens (tertiary/aromatic N) is 2. The van der Waals surface area contributed by atoms with Gasteiger partial charge in [-0.25, -0.2) is 4.79 Å². The molecule has 146 valence electrons. The number of hydrogen-bond acceptors (Lipinski definition) is 5. The molecule has 0 aliphatic carbocycles. The van der Waals surface area contributed by atoms with Gasteiger partial charge in [-0.05, 0) is 32.9 Å². The van der Waals surface area contributed by atoms with Crippen LogP contribution in [0.5, 0.6) is 11.5 Å². The van der Waals surface area contributed by atoms with Crippen molar-refractivity contribution in [3.05, 3.63) is 18.2 Å². The Morgan fingerprint density at radius 2 is 1.69 bits per heavy atom. The highest BCUT2D eigenvalue weighted by molar-refractivity contribution is 5.69. The predicted octanol–water partition coefficient (Wildman–Crippen LogP) is 3.65. The molecule has 0 saturated carbocycles. The fraction of sp³-hybridized carbons (Fsp3) is 0.588. The van der Waals surface area contributed by atoms with Crippen molar-refractivity contribution in [2.24, 2.45) is 0 Å². The van der Waals surface area contributed by atoms with Gasteiger partial charge in [0.15, 0.2) is 0 Å². The minimum absolute atomic E-state index is 0.275. The van der Waals surface area contributed by atoms with E-state index in [1.807, 2.05) is 4.90 Å². The van der Waals surface area contributed by atoms with Crippen molar-refractivity contribution in [2.45, 2.75) is 32.7 Å². The maximum Gasteiger partial charge on any atom is 0.573 e. The molecule has 0 spiro atoms. The highest BCUT2D eigenvalue weighted by Crippen LogP contribution is 2.34. The first-order chi connectivity index (χ1) is 12.0.